The number of aromatic nitrogens is 1. The summed E-state index contributed by atoms with van der Waals surface area (Å²) in [5, 5.41) is 11.3. The second kappa shape index (κ2) is 16.3. The highest BCUT2D eigenvalue weighted by atomic mass is 79.9. The molecule has 0 spiro atoms. The molecule has 0 saturated heterocycles. The Morgan fingerprint density at radius 2 is 1.68 bits per heavy atom. The predicted molar refractivity (Wildman–Crippen MR) is 197 cm³/mol. The third-order valence-electron chi connectivity index (χ3n) is 6.69. The van der Waals surface area contributed by atoms with Crippen molar-refractivity contribution in [1.82, 2.24) is 10.3 Å². The molecule has 1 atom stereocenters. The summed E-state index contributed by atoms with van der Waals surface area (Å²) in [6.45, 7) is 1.93. The van der Waals surface area contributed by atoms with Crippen LogP contribution in [0.5, 0.6) is 0 Å². The Morgan fingerprint density at radius 1 is 0.915 bits per heavy atom. The minimum atomic E-state index is -0.495. The topological polar surface area (TPSA) is 100 Å². The van der Waals surface area contributed by atoms with E-state index >= 15 is 0 Å². The number of carbonyl (C=O) groups is 3. The van der Waals surface area contributed by atoms with Crippen molar-refractivity contribution in [3.63, 3.8) is 0 Å². The van der Waals surface area contributed by atoms with Crippen molar-refractivity contribution >= 4 is 96.8 Å². The molecule has 4 aromatic carbocycles. The third-order valence-corrected chi connectivity index (χ3v) is 10.1. The van der Waals surface area contributed by atoms with Gasteiger partial charge in [-0.15, -0.1) is 23.1 Å². The van der Waals surface area contributed by atoms with Gasteiger partial charge in [-0.25, -0.2) is 4.98 Å². The van der Waals surface area contributed by atoms with E-state index in [4.69, 9.17) is 23.2 Å². The van der Waals surface area contributed by atoms with E-state index in [9.17, 15) is 14.4 Å². The van der Waals surface area contributed by atoms with Gasteiger partial charge in [0.1, 0.15) is 5.70 Å². The second-order valence-electron chi connectivity index (χ2n) is 10.1. The van der Waals surface area contributed by atoms with Gasteiger partial charge in [-0.05, 0) is 72.7 Å². The Labute approximate surface area is 298 Å². The molecule has 0 bridgehead atoms. The zero-order valence-corrected chi connectivity index (χ0v) is 29.5. The van der Waals surface area contributed by atoms with E-state index in [1.807, 2.05) is 54.8 Å². The van der Waals surface area contributed by atoms with Gasteiger partial charge >= 0.3 is 0 Å². The van der Waals surface area contributed by atoms with Gasteiger partial charge in [0.2, 0.25) is 5.91 Å². The van der Waals surface area contributed by atoms with Crippen LogP contribution >= 0.6 is 62.2 Å². The summed E-state index contributed by atoms with van der Waals surface area (Å²) >= 11 is 18.3. The zero-order chi connectivity index (χ0) is 33.3. The summed E-state index contributed by atoms with van der Waals surface area (Å²) < 4.78 is 0.891. The summed E-state index contributed by atoms with van der Waals surface area (Å²) in [5.74, 6) is -1.09. The maximum Gasteiger partial charge on any atom is 0.272 e. The molecule has 3 amide bonds. The lowest BCUT2D eigenvalue weighted by atomic mass is 10.1. The lowest BCUT2D eigenvalue weighted by Crippen LogP contribution is -2.30. The standard InChI is InChI=1S/C35H27BrCl2N4O3S2/c1-2-31(34(45)42-35-41-30(20-46-35)23-13-16-27(37)28(38)18-23)47-26-10-6-9-25(19-26)39-33(44)29(17-21-11-14-24(36)15-12-21)40-32(43)22-7-4-3-5-8-22/h3-20,31H,2H2,1H3,(H,39,44)(H,40,43)(H,41,42,45)/b29-17-. The highest BCUT2D eigenvalue weighted by Gasteiger charge is 2.21. The Hall–Kier alpha value is -3.93. The monoisotopic (exact) mass is 764 g/mol. The van der Waals surface area contributed by atoms with Crippen LogP contribution in [0, 0.1) is 0 Å². The van der Waals surface area contributed by atoms with Crippen LogP contribution in [0.1, 0.15) is 29.3 Å². The number of nitrogens with one attached hydrogen (secondary N) is 3. The Bertz CT molecular complexity index is 1940. The Kier molecular flexibility index (Phi) is 11.9. The van der Waals surface area contributed by atoms with Crippen molar-refractivity contribution in [2.45, 2.75) is 23.5 Å². The van der Waals surface area contributed by atoms with Crippen LogP contribution in [0.4, 0.5) is 10.8 Å². The van der Waals surface area contributed by atoms with Gasteiger partial charge in [0, 0.05) is 31.6 Å². The fraction of sp³-hybridized carbons (Fsp3) is 0.0857. The molecule has 1 aromatic heterocycles. The molecule has 7 nitrogen and oxygen atoms in total. The summed E-state index contributed by atoms with van der Waals surface area (Å²) in [4.78, 5) is 45.0. The first-order valence-electron chi connectivity index (χ1n) is 14.3. The number of rotatable bonds is 11. The summed E-state index contributed by atoms with van der Waals surface area (Å²) in [6.07, 6.45) is 2.17. The van der Waals surface area contributed by atoms with Crippen LogP contribution in [0.15, 0.2) is 118 Å². The van der Waals surface area contributed by atoms with Crippen LogP contribution in [-0.4, -0.2) is 28.0 Å². The first-order chi connectivity index (χ1) is 22.7. The first-order valence-corrected chi connectivity index (χ1v) is 17.6. The maximum absolute atomic E-state index is 13.5. The predicted octanol–water partition coefficient (Wildman–Crippen LogP) is 9.80. The molecule has 12 heteroatoms. The summed E-state index contributed by atoms with van der Waals surface area (Å²) in [7, 11) is 0. The molecule has 238 valence electrons. The van der Waals surface area contributed by atoms with E-state index in [-0.39, 0.29) is 11.6 Å². The number of nitrogens with zero attached hydrogens (tertiary/aromatic N) is 1. The average Bonchev–Trinajstić information content (AvgIpc) is 3.54. The Balaban J connectivity index is 1.27. The van der Waals surface area contributed by atoms with E-state index < -0.39 is 17.1 Å². The van der Waals surface area contributed by atoms with Crippen molar-refractivity contribution in [3.05, 3.63) is 134 Å². The summed E-state index contributed by atoms with van der Waals surface area (Å²) in [6, 6.07) is 28.5. The lowest BCUT2D eigenvalue weighted by molar-refractivity contribution is -0.116. The SMILES string of the molecule is CCC(Sc1cccc(NC(=O)/C(=C/c2ccc(Br)cc2)NC(=O)c2ccccc2)c1)C(=O)Nc1nc(-c2ccc(Cl)c(Cl)c2)cs1. The van der Waals surface area contributed by atoms with E-state index in [1.54, 1.807) is 60.7 Å². The number of anilines is 2. The number of halogens is 3. The van der Waals surface area contributed by atoms with E-state index in [0.717, 1.165) is 20.5 Å². The number of benzene rings is 4. The molecule has 1 heterocycles. The first kappa shape index (κ1) is 34.4. The lowest BCUT2D eigenvalue weighted by Gasteiger charge is -2.15. The van der Waals surface area contributed by atoms with Crippen LogP contribution in [-0.2, 0) is 9.59 Å². The van der Waals surface area contributed by atoms with E-state index in [2.05, 4.69) is 36.9 Å². The van der Waals surface area contributed by atoms with Gasteiger partial charge < -0.3 is 16.0 Å². The van der Waals surface area contributed by atoms with Gasteiger partial charge in [0.25, 0.3) is 11.8 Å². The summed E-state index contributed by atoms with van der Waals surface area (Å²) in [5.41, 5.74) is 3.23. The van der Waals surface area contributed by atoms with E-state index in [1.165, 1.54) is 23.1 Å². The largest absolute Gasteiger partial charge is 0.321 e. The quantitative estimate of drug-likeness (QED) is 0.0919. The molecule has 0 saturated carbocycles. The minimum absolute atomic E-state index is 0.0775. The number of hydrogen-bond acceptors (Lipinski definition) is 6. The zero-order valence-electron chi connectivity index (χ0n) is 24.8. The number of carbonyl (C=O) groups excluding carboxylic acids is 3. The van der Waals surface area contributed by atoms with Crippen molar-refractivity contribution in [3.8, 4) is 11.3 Å². The van der Waals surface area contributed by atoms with Crippen molar-refractivity contribution in [1.29, 1.82) is 0 Å². The average molecular weight is 767 g/mol. The molecule has 5 rings (SSSR count). The molecule has 47 heavy (non-hydrogen) atoms. The Morgan fingerprint density at radius 3 is 2.40 bits per heavy atom. The molecule has 3 N–H and O–H groups in total. The molecule has 0 aliphatic heterocycles. The fourth-order valence-electron chi connectivity index (χ4n) is 4.31. The number of amides is 3. The fourth-order valence-corrected chi connectivity index (χ4v) is 6.60. The maximum atomic E-state index is 13.5. The molecule has 1 unspecified atom stereocenters. The van der Waals surface area contributed by atoms with Gasteiger partial charge in [-0.1, -0.05) is 88.5 Å². The van der Waals surface area contributed by atoms with Crippen molar-refractivity contribution < 1.29 is 14.4 Å². The third kappa shape index (κ3) is 9.56. The van der Waals surface area contributed by atoms with E-state index in [0.29, 0.717) is 38.5 Å². The second-order valence-corrected chi connectivity index (χ2v) is 13.9. The van der Waals surface area contributed by atoms with Gasteiger partial charge in [-0.3, -0.25) is 14.4 Å². The highest BCUT2D eigenvalue weighted by molar-refractivity contribution is 9.10. The molecule has 0 fully saturated rings. The molecule has 0 aliphatic carbocycles. The minimum Gasteiger partial charge on any atom is -0.321 e. The van der Waals surface area contributed by atoms with Crippen LogP contribution in [0.25, 0.3) is 17.3 Å². The van der Waals surface area contributed by atoms with Gasteiger partial charge in [0.05, 0.1) is 21.0 Å². The number of thioether (sulfide) groups is 1. The normalized spacial score (nSPS) is 11.9. The van der Waals surface area contributed by atoms with Crippen molar-refractivity contribution in [2.75, 3.05) is 10.6 Å². The highest BCUT2D eigenvalue weighted by Crippen LogP contribution is 2.32. The van der Waals surface area contributed by atoms with Gasteiger partial charge in [-0.2, -0.15) is 0 Å². The smallest absolute Gasteiger partial charge is 0.272 e. The van der Waals surface area contributed by atoms with Crippen LogP contribution < -0.4 is 16.0 Å². The molecular formula is C35H27BrCl2N4O3S2. The molecular weight excluding hydrogens is 739 g/mol. The van der Waals surface area contributed by atoms with Crippen molar-refractivity contribution in [2.24, 2.45) is 0 Å². The molecule has 0 aliphatic rings. The van der Waals surface area contributed by atoms with Crippen LogP contribution in [0.2, 0.25) is 10.0 Å². The van der Waals surface area contributed by atoms with Crippen LogP contribution in [0.3, 0.4) is 0 Å². The molecule has 0 radical (unpaired) electrons. The van der Waals surface area contributed by atoms with Gasteiger partial charge in [0.15, 0.2) is 5.13 Å². The molecule has 5 aromatic rings. The number of thiazole rings is 1. The number of hydrogen-bond donors (Lipinski definition) is 3.